The topological polar surface area (TPSA) is 89.6 Å². The number of hydrogen-bond donors (Lipinski definition) is 3. The first-order valence-electron chi connectivity index (χ1n) is 12.4. The zero-order chi connectivity index (χ0) is 25.1. The molecule has 3 heterocycles. The van der Waals surface area contributed by atoms with E-state index >= 15 is 0 Å². The number of nitrogens with zero attached hydrogens (tertiary/aromatic N) is 3. The van der Waals surface area contributed by atoms with E-state index in [2.05, 4.69) is 44.6 Å². The van der Waals surface area contributed by atoms with E-state index in [4.69, 9.17) is 0 Å². The second-order valence-electron chi connectivity index (χ2n) is 9.52. The molecule has 1 atom stereocenters. The third-order valence-electron chi connectivity index (χ3n) is 6.60. The van der Waals surface area contributed by atoms with E-state index < -0.39 is 0 Å². The van der Waals surface area contributed by atoms with Gasteiger partial charge in [-0.3, -0.25) is 14.5 Å². The maximum atomic E-state index is 12.4. The lowest BCUT2D eigenvalue weighted by molar-refractivity contribution is -0.134. The molecule has 0 radical (unpaired) electrons. The Morgan fingerprint density at radius 2 is 2.06 bits per heavy atom. The summed E-state index contributed by atoms with van der Waals surface area (Å²) in [4.78, 5) is 34.3. The van der Waals surface area contributed by atoms with Crippen LogP contribution < -0.4 is 16.0 Å². The highest BCUT2D eigenvalue weighted by Gasteiger charge is 2.34. The predicted molar refractivity (Wildman–Crippen MR) is 144 cm³/mol. The summed E-state index contributed by atoms with van der Waals surface area (Å²) in [5.41, 5.74) is 2.96. The minimum absolute atomic E-state index is 0.0770. The summed E-state index contributed by atoms with van der Waals surface area (Å²) in [7, 11) is 0. The molecule has 2 amide bonds. The lowest BCUT2D eigenvalue weighted by Crippen LogP contribution is -2.49. The van der Waals surface area contributed by atoms with Crippen molar-refractivity contribution in [1.29, 1.82) is 0 Å². The van der Waals surface area contributed by atoms with E-state index in [9.17, 15) is 9.59 Å². The maximum Gasteiger partial charge on any atom is 0.247 e. The molecule has 1 unspecified atom stereocenters. The van der Waals surface area contributed by atoms with E-state index in [1.165, 1.54) is 11.6 Å². The van der Waals surface area contributed by atoms with Crippen LogP contribution in [0.2, 0.25) is 0 Å². The van der Waals surface area contributed by atoms with Gasteiger partial charge in [0.15, 0.2) is 5.13 Å². The van der Waals surface area contributed by atoms with Crippen LogP contribution in [0.5, 0.6) is 0 Å². The number of piperazine rings is 1. The average Bonchev–Trinajstić information content (AvgIpc) is 3.66. The fourth-order valence-electron chi connectivity index (χ4n) is 4.55. The average molecular weight is 505 g/mol. The van der Waals surface area contributed by atoms with Crippen molar-refractivity contribution in [2.24, 2.45) is 5.92 Å². The molecule has 0 spiro atoms. The van der Waals surface area contributed by atoms with E-state index in [-0.39, 0.29) is 17.9 Å². The molecule has 2 fully saturated rings. The molecular weight excluding hydrogens is 472 g/mol. The molecule has 3 aliphatic rings. The van der Waals surface area contributed by atoms with Gasteiger partial charge in [0, 0.05) is 55.4 Å². The Morgan fingerprint density at radius 3 is 2.75 bits per heavy atom. The number of carbonyl (C=O) groups excluding carboxylic acids is 2. The number of amides is 2. The number of benzene rings is 1. The van der Waals surface area contributed by atoms with Crippen molar-refractivity contribution in [3.05, 3.63) is 77.1 Å². The Hall–Kier alpha value is -3.43. The molecule has 1 aromatic heterocycles. The number of aromatic nitrogens is 1. The van der Waals surface area contributed by atoms with Crippen molar-refractivity contribution in [2.75, 3.05) is 43.4 Å². The molecule has 0 bridgehead atoms. The van der Waals surface area contributed by atoms with Crippen molar-refractivity contribution < 1.29 is 9.59 Å². The summed E-state index contributed by atoms with van der Waals surface area (Å²) in [5.74, 6) is 1.27. The van der Waals surface area contributed by atoms with Crippen LogP contribution in [0.4, 0.5) is 10.8 Å². The molecule has 1 aromatic carbocycles. The fourth-order valence-corrected chi connectivity index (χ4v) is 5.23. The molecule has 2 aliphatic heterocycles. The van der Waals surface area contributed by atoms with E-state index in [1.807, 2.05) is 42.3 Å². The number of anilines is 2. The van der Waals surface area contributed by atoms with Crippen LogP contribution in [0, 0.1) is 12.8 Å². The molecule has 3 N–H and O–H groups in total. The standard InChI is InChI=1S/C27H32N6O2S/c1-3-25(34)29-22-6-4-5-21(15-22)23-13-19(14-24(30-23)31-27-28-16-18(2)36-27)17-32-9-11-33(12-10-32)26(35)20-7-8-20/h3-6,13-16,20,23,30H,1,7-12,17H2,2H3,(H,28,31)(H,29,34). The molecule has 8 nitrogen and oxygen atoms in total. The monoisotopic (exact) mass is 504 g/mol. The first kappa shape index (κ1) is 24.3. The van der Waals surface area contributed by atoms with E-state index in [1.54, 1.807) is 11.3 Å². The predicted octanol–water partition coefficient (Wildman–Crippen LogP) is 3.65. The first-order valence-corrected chi connectivity index (χ1v) is 13.2. The van der Waals surface area contributed by atoms with Gasteiger partial charge in [-0.1, -0.05) is 24.8 Å². The van der Waals surface area contributed by atoms with Gasteiger partial charge in [0.2, 0.25) is 11.8 Å². The fraction of sp³-hybridized carbons (Fsp3) is 0.370. The molecule has 36 heavy (non-hydrogen) atoms. The Kier molecular flexibility index (Phi) is 7.20. The SMILES string of the molecule is C=CC(=O)Nc1cccc(C2C=C(CN3CCN(C(=O)C4CC4)CC3)C=C(Nc3ncc(C)s3)N2)c1. The molecule has 1 aliphatic carbocycles. The van der Waals surface area contributed by atoms with Gasteiger partial charge < -0.3 is 20.9 Å². The van der Waals surface area contributed by atoms with Gasteiger partial charge in [0.1, 0.15) is 5.82 Å². The van der Waals surface area contributed by atoms with Crippen LogP contribution in [0.3, 0.4) is 0 Å². The minimum atomic E-state index is -0.235. The van der Waals surface area contributed by atoms with Crippen LogP contribution in [-0.2, 0) is 9.59 Å². The summed E-state index contributed by atoms with van der Waals surface area (Å²) in [5, 5.41) is 10.7. The minimum Gasteiger partial charge on any atom is -0.361 e. The highest BCUT2D eigenvalue weighted by Crippen LogP contribution is 2.31. The van der Waals surface area contributed by atoms with E-state index in [0.717, 1.165) is 72.6 Å². The van der Waals surface area contributed by atoms with Crippen LogP contribution in [-0.4, -0.2) is 59.3 Å². The summed E-state index contributed by atoms with van der Waals surface area (Å²) >= 11 is 1.61. The molecular formula is C27H32N6O2S. The number of rotatable bonds is 8. The second-order valence-corrected chi connectivity index (χ2v) is 10.8. The van der Waals surface area contributed by atoms with Gasteiger partial charge in [-0.25, -0.2) is 4.98 Å². The highest BCUT2D eigenvalue weighted by atomic mass is 32.1. The molecule has 9 heteroatoms. The summed E-state index contributed by atoms with van der Waals surface area (Å²) in [6.45, 7) is 9.71. The van der Waals surface area contributed by atoms with Gasteiger partial charge in [0.25, 0.3) is 0 Å². The lowest BCUT2D eigenvalue weighted by Gasteiger charge is -2.36. The van der Waals surface area contributed by atoms with Gasteiger partial charge >= 0.3 is 0 Å². The third-order valence-corrected chi connectivity index (χ3v) is 7.43. The molecule has 2 aromatic rings. The Morgan fingerprint density at radius 1 is 1.25 bits per heavy atom. The van der Waals surface area contributed by atoms with Crippen molar-refractivity contribution >= 4 is 34.0 Å². The highest BCUT2D eigenvalue weighted by molar-refractivity contribution is 7.15. The number of hydrogen-bond acceptors (Lipinski definition) is 7. The number of thiazole rings is 1. The van der Waals surface area contributed by atoms with Crippen LogP contribution >= 0.6 is 11.3 Å². The maximum absolute atomic E-state index is 12.4. The normalized spacial score (nSPS) is 20.1. The number of carbonyl (C=O) groups is 2. The zero-order valence-corrected chi connectivity index (χ0v) is 21.3. The largest absolute Gasteiger partial charge is 0.361 e. The van der Waals surface area contributed by atoms with E-state index in [0.29, 0.717) is 5.91 Å². The smallest absolute Gasteiger partial charge is 0.247 e. The van der Waals surface area contributed by atoms with Crippen molar-refractivity contribution in [2.45, 2.75) is 25.8 Å². The second kappa shape index (κ2) is 10.7. The summed E-state index contributed by atoms with van der Waals surface area (Å²) < 4.78 is 0. The Labute approximate surface area is 215 Å². The molecule has 5 rings (SSSR count). The van der Waals surface area contributed by atoms with Gasteiger partial charge in [-0.15, -0.1) is 11.3 Å². The van der Waals surface area contributed by atoms with Crippen LogP contribution in [0.15, 0.2) is 66.7 Å². The van der Waals surface area contributed by atoms with Crippen LogP contribution in [0.25, 0.3) is 0 Å². The summed E-state index contributed by atoms with van der Waals surface area (Å²) in [6.07, 6.45) is 9.60. The van der Waals surface area contributed by atoms with Crippen molar-refractivity contribution in [3.63, 3.8) is 0 Å². The quantitative estimate of drug-likeness (QED) is 0.476. The molecule has 1 saturated carbocycles. The van der Waals surface area contributed by atoms with Gasteiger partial charge in [-0.05, 0) is 55.2 Å². The van der Waals surface area contributed by atoms with Crippen molar-refractivity contribution in [1.82, 2.24) is 20.1 Å². The van der Waals surface area contributed by atoms with Gasteiger partial charge in [0.05, 0.1) is 6.04 Å². The molecule has 1 saturated heterocycles. The number of nitrogens with one attached hydrogen (secondary N) is 3. The Bertz CT molecular complexity index is 1210. The zero-order valence-electron chi connectivity index (χ0n) is 20.5. The van der Waals surface area contributed by atoms with Gasteiger partial charge in [-0.2, -0.15) is 0 Å². The summed E-state index contributed by atoms with van der Waals surface area (Å²) in [6, 6.07) is 7.76. The third kappa shape index (κ3) is 6.03. The van der Waals surface area contributed by atoms with Crippen LogP contribution in [0.1, 0.15) is 29.3 Å². The number of aryl methyl sites for hydroxylation is 1. The van der Waals surface area contributed by atoms with Crippen molar-refractivity contribution in [3.8, 4) is 0 Å². The Balaban J connectivity index is 1.31. The first-order chi connectivity index (χ1) is 17.5. The lowest BCUT2D eigenvalue weighted by atomic mass is 9.99. The molecule has 188 valence electrons. The number of dihydropyridines is 1.